The molecule has 1 aromatic rings. The first-order valence-corrected chi connectivity index (χ1v) is 14.6. The molecule has 0 saturated heterocycles. The van der Waals surface area contributed by atoms with Gasteiger partial charge in [-0.15, -0.1) is 15.8 Å². The van der Waals surface area contributed by atoms with Crippen LogP contribution < -0.4 is 0 Å². The van der Waals surface area contributed by atoms with Crippen molar-refractivity contribution in [3.05, 3.63) is 33.9 Å². The Hall–Kier alpha value is -2.04. The lowest BCUT2D eigenvalue weighted by Gasteiger charge is -2.24. The average Bonchev–Trinajstić information content (AvgIpc) is 2.70. The van der Waals surface area contributed by atoms with Crippen molar-refractivity contribution in [1.29, 1.82) is 0 Å². The Morgan fingerprint density at radius 2 is 0.879 bits per heavy atom. The third-order valence-corrected chi connectivity index (χ3v) is 10.6. The Bertz CT molecular complexity index is 766. The molecule has 0 spiro atoms. The molecule has 10 heteroatoms. The summed E-state index contributed by atoms with van der Waals surface area (Å²) >= 11 is 0. The van der Waals surface area contributed by atoms with Gasteiger partial charge in [0.2, 0.25) is 0 Å². The molecule has 33 heavy (non-hydrogen) atoms. The van der Waals surface area contributed by atoms with Crippen molar-refractivity contribution in [3.8, 4) is 0 Å². The smallest absolute Gasteiger partial charge is 0.303 e. The highest BCUT2D eigenvalue weighted by Gasteiger charge is 2.20. The van der Waals surface area contributed by atoms with E-state index in [9.17, 15) is 19.2 Å². The van der Waals surface area contributed by atoms with Crippen LogP contribution in [0.1, 0.15) is 53.5 Å². The van der Waals surface area contributed by atoms with Crippen LogP contribution in [0.4, 0.5) is 0 Å². The van der Waals surface area contributed by atoms with Crippen LogP contribution in [-0.2, 0) is 31.5 Å². The van der Waals surface area contributed by atoms with Crippen LogP contribution >= 0.6 is 15.8 Å². The van der Waals surface area contributed by atoms with Crippen LogP contribution in [0.3, 0.4) is 0 Å². The first-order valence-electron chi connectivity index (χ1n) is 10.8. The van der Waals surface area contributed by atoms with Gasteiger partial charge >= 0.3 is 23.9 Å². The van der Waals surface area contributed by atoms with Crippen LogP contribution in [0.5, 0.6) is 0 Å². The lowest BCUT2D eigenvalue weighted by atomic mass is 9.95. The Kier molecular flexibility index (Phi) is 12.5. The van der Waals surface area contributed by atoms with E-state index < -0.39 is 39.7 Å². The molecule has 0 amide bonds. The van der Waals surface area contributed by atoms with Gasteiger partial charge in [0.15, 0.2) is 0 Å². The summed E-state index contributed by atoms with van der Waals surface area (Å²) in [6.07, 6.45) is 3.18. The molecule has 0 fully saturated rings. The number of aryl methyl sites for hydroxylation is 2. The number of benzene rings is 1. The Balaban J connectivity index is 3.19. The first kappa shape index (κ1) is 29.0. The van der Waals surface area contributed by atoms with Gasteiger partial charge in [0.1, 0.15) is 0 Å². The molecule has 0 aliphatic heterocycles. The fourth-order valence-electron chi connectivity index (χ4n) is 3.76. The van der Waals surface area contributed by atoms with Gasteiger partial charge in [-0.3, -0.25) is 19.2 Å². The van der Waals surface area contributed by atoms with Crippen LogP contribution in [-0.4, -0.2) is 69.0 Å². The molecule has 0 aliphatic rings. The van der Waals surface area contributed by atoms with E-state index in [2.05, 4.69) is 6.07 Å². The molecular weight excluding hydrogens is 466 g/mol. The minimum absolute atomic E-state index is 0.0117. The molecular formula is C23H34O8P2. The maximum Gasteiger partial charge on any atom is 0.303 e. The van der Waals surface area contributed by atoms with Gasteiger partial charge < -0.3 is 20.4 Å². The predicted octanol–water partition coefficient (Wildman–Crippen LogP) is 4.47. The summed E-state index contributed by atoms with van der Waals surface area (Å²) in [7, 11) is -1.64. The summed E-state index contributed by atoms with van der Waals surface area (Å²) in [6.45, 7) is 6.01. The zero-order valence-corrected chi connectivity index (χ0v) is 21.3. The number of rotatable bonds is 16. The number of carboxylic acid groups (broad SMARTS) is 4. The van der Waals surface area contributed by atoms with Crippen LogP contribution in [0.2, 0.25) is 0 Å². The lowest BCUT2D eigenvalue weighted by Crippen LogP contribution is -2.09. The topological polar surface area (TPSA) is 149 Å². The SMILES string of the molecule is Cc1cc(C)c(CP(CCC(=O)O)CCC(=O)O)c(C)c1CP(CCC(=O)O)CCC(=O)O. The zero-order chi connectivity index (χ0) is 25.1. The van der Waals surface area contributed by atoms with Crippen molar-refractivity contribution >= 4 is 39.7 Å². The Labute approximate surface area is 196 Å². The van der Waals surface area contributed by atoms with Crippen LogP contribution in [0.15, 0.2) is 6.07 Å². The van der Waals surface area contributed by atoms with E-state index in [-0.39, 0.29) is 25.7 Å². The molecule has 184 valence electrons. The summed E-state index contributed by atoms with van der Waals surface area (Å²) in [6, 6.07) is 2.07. The molecule has 0 unspecified atom stereocenters. The van der Waals surface area contributed by atoms with E-state index in [1.807, 2.05) is 20.8 Å². The van der Waals surface area contributed by atoms with E-state index in [1.165, 1.54) is 0 Å². The van der Waals surface area contributed by atoms with Gasteiger partial charge in [-0.1, -0.05) is 6.07 Å². The minimum Gasteiger partial charge on any atom is -0.481 e. The van der Waals surface area contributed by atoms with Crippen molar-refractivity contribution in [3.63, 3.8) is 0 Å². The lowest BCUT2D eigenvalue weighted by molar-refractivity contribution is -0.137. The predicted molar refractivity (Wildman–Crippen MR) is 130 cm³/mol. The van der Waals surface area contributed by atoms with Gasteiger partial charge in [-0.05, 0) is 85.6 Å². The Morgan fingerprint density at radius 1 is 0.606 bits per heavy atom. The molecule has 4 N–H and O–H groups in total. The third-order valence-electron chi connectivity index (χ3n) is 5.62. The second-order valence-corrected chi connectivity index (χ2v) is 13.3. The fourth-order valence-corrected chi connectivity index (χ4v) is 8.74. The quantitative estimate of drug-likeness (QED) is 0.243. The standard InChI is InChI=1S/C23H34O8P2/c1-15-12-16(2)19(14-33(10-6-22(28)29)11-7-23(30)31)17(3)18(15)13-32(8-4-20(24)25)9-5-21(26)27/h12H,4-11,13-14H2,1-3H3,(H,24,25)(H,26,27)(H,28,29)(H,30,31). The third kappa shape index (κ3) is 11.1. The largest absolute Gasteiger partial charge is 0.481 e. The zero-order valence-electron chi connectivity index (χ0n) is 19.5. The van der Waals surface area contributed by atoms with Crippen molar-refractivity contribution in [2.75, 3.05) is 24.6 Å². The maximum absolute atomic E-state index is 11.1. The Morgan fingerprint density at radius 3 is 1.12 bits per heavy atom. The summed E-state index contributed by atoms with van der Waals surface area (Å²) < 4.78 is 0. The first-order chi connectivity index (χ1) is 15.4. The normalized spacial score (nSPS) is 11.2. The monoisotopic (exact) mass is 500 g/mol. The van der Waals surface area contributed by atoms with Crippen molar-refractivity contribution in [1.82, 2.24) is 0 Å². The highest BCUT2D eigenvalue weighted by molar-refractivity contribution is 7.57. The second kappa shape index (κ2) is 14.3. The molecule has 1 rings (SSSR count). The van der Waals surface area contributed by atoms with Crippen LogP contribution in [0.25, 0.3) is 0 Å². The van der Waals surface area contributed by atoms with Gasteiger partial charge in [0, 0.05) is 25.7 Å². The van der Waals surface area contributed by atoms with E-state index in [4.69, 9.17) is 20.4 Å². The fraction of sp³-hybridized carbons (Fsp3) is 0.565. The van der Waals surface area contributed by atoms with E-state index in [0.717, 1.165) is 27.8 Å². The van der Waals surface area contributed by atoms with Crippen molar-refractivity contribution in [2.45, 2.75) is 58.8 Å². The van der Waals surface area contributed by atoms with Gasteiger partial charge in [0.05, 0.1) is 0 Å². The number of hydrogen-bond acceptors (Lipinski definition) is 4. The number of aliphatic carboxylic acids is 4. The van der Waals surface area contributed by atoms with E-state index >= 15 is 0 Å². The van der Waals surface area contributed by atoms with Gasteiger partial charge in [0.25, 0.3) is 0 Å². The number of carboxylic acids is 4. The average molecular weight is 500 g/mol. The van der Waals surface area contributed by atoms with E-state index in [0.29, 0.717) is 37.0 Å². The molecule has 1 aromatic carbocycles. The molecule has 0 radical (unpaired) electrons. The summed E-state index contributed by atoms with van der Waals surface area (Å²) in [5.74, 6) is -3.56. The maximum atomic E-state index is 11.1. The molecule has 0 aromatic heterocycles. The van der Waals surface area contributed by atoms with E-state index in [1.54, 1.807) is 0 Å². The number of carbonyl (C=O) groups is 4. The molecule has 8 nitrogen and oxygen atoms in total. The highest BCUT2D eigenvalue weighted by Crippen LogP contribution is 2.46. The summed E-state index contributed by atoms with van der Waals surface area (Å²) in [4.78, 5) is 44.3. The highest BCUT2D eigenvalue weighted by atomic mass is 31.1. The molecule has 0 aliphatic carbocycles. The molecule has 0 atom stereocenters. The van der Waals surface area contributed by atoms with Crippen molar-refractivity contribution < 1.29 is 39.6 Å². The van der Waals surface area contributed by atoms with Crippen molar-refractivity contribution in [2.24, 2.45) is 0 Å². The summed E-state index contributed by atoms with van der Waals surface area (Å²) in [5.41, 5.74) is 5.43. The molecule has 0 heterocycles. The molecule has 0 bridgehead atoms. The number of hydrogen-bond donors (Lipinski definition) is 4. The minimum atomic E-state index is -0.890. The van der Waals surface area contributed by atoms with Crippen LogP contribution in [0, 0.1) is 20.8 Å². The summed E-state index contributed by atoms with van der Waals surface area (Å²) in [5, 5.41) is 36.3. The van der Waals surface area contributed by atoms with Gasteiger partial charge in [-0.2, -0.15) is 0 Å². The second-order valence-electron chi connectivity index (χ2n) is 8.22. The molecule has 0 saturated carbocycles. The van der Waals surface area contributed by atoms with Gasteiger partial charge in [-0.25, -0.2) is 0 Å².